The average Bonchev–Trinajstić information content (AvgIpc) is 2.86. The SMILES string of the molecule is COC(CCCCCCCCCCOC(=O)c1cc([N+](=O)[O-])cc([N+](=O)[O-])c1)Oc1ccccc1. The summed E-state index contributed by atoms with van der Waals surface area (Å²) < 4.78 is 16.3. The molecule has 1 unspecified atom stereocenters. The van der Waals surface area contributed by atoms with Gasteiger partial charge < -0.3 is 14.2 Å². The van der Waals surface area contributed by atoms with Crippen LogP contribution >= 0.6 is 0 Å². The van der Waals surface area contributed by atoms with Crippen LogP contribution in [0.3, 0.4) is 0 Å². The van der Waals surface area contributed by atoms with E-state index in [9.17, 15) is 25.0 Å². The van der Waals surface area contributed by atoms with Crippen LogP contribution in [0.4, 0.5) is 11.4 Å². The van der Waals surface area contributed by atoms with E-state index in [0.717, 1.165) is 75.3 Å². The molecule has 10 heteroatoms. The summed E-state index contributed by atoms with van der Waals surface area (Å²) in [6.07, 6.45) is 8.61. The van der Waals surface area contributed by atoms with E-state index in [0.29, 0.717) is 6.42 Å². The molecule has 35 heavy (non-hydrogen) atoms. The van der Waals surface area contributed by atoms with Crippen molar-refractivity contribution in [1.29, 1.82) is 0 Å². The largest absolute Gasteiger partial charge is 0.465 e. The number of para-hydroxylation sites is 1. The summed E-state index contributed by atoms with van der Waals surface area (Å²) in [5.74, 6) is -0.00108. The third-order valence-electron chi connectivity index (χ3n) is 5.40. The van der Waals surface area contributed by atoms with Crippen LogP contribution in [0.2, 0.25) is 0 Å². The van der Waals surface area contributed by atoms with Crippen LogP contribution in [0.15, 0.2) is 48.5 Å². The highest BCUT2D eigenvalue weighted by Gasteiger charge is 2.20. The number of nitro groups is 2. The fraction of sp³-hybridized carbons (Fsp3) is 0.480. The smallest absolute Gasteiger partial charge is 0.338 e. The Bertz CT molecular complexity index is 919. The van der Waals surface area contributed by atoms with Crippen molar-refractivity contribution in [3.63, 3.8) is 0 Å². The van der Waals surface area contributed by atoms with Gasteiger partial charge in [-0.15, -0.1) is 0 Å². The lowest BCUT2D eigenvalue weighted by molar-refractivity contribution is -0.394. The maximum atomic E-state index is 12.1. The van der Waals surface area contributed by atoms with Crippen molar-refractivity contribution in [2.75, 3.05) is 13.7 Å². The fourth-order valence-corrected chi connectivity index (χ4v) is 3.52. The topological polar surface area (TPSA) is 131 Å². The van der Waals surface area contributed by atoms with Gasteiger partial charge in [-0.25, -0.2) is 4.79 Å². The maximum Gasteiger partial charge on any atom is 0.338 e. The third kappa shape index (κ3) is 10.5. The molecular weight excluding hydrogens is 456 g/mol. The van der Waals surface area contributed by atoms with Crippen molar-refractivity contribution >= 4 is 17.3 Å². The Morgan fingerprint density at radius 1 is 0.829 bits per heavy atom. The first-order chi connectivity index (χ1) is 16.9. The maximum absolute atomic E-state index is 12.1. The number of non-ortho nitro benzene ring substituents is 2. The number of hydrogen-bond acceptors (Lipinski definition) is 8. The number of hydrogen-bond donors (Lipinski definition) is 0. The minimum Gasteiger partial charge on any atom is -0.465 e. The van der Waals surface area contributed by atoms with E-state index >= 15 is 0 Å². The third-order valence-corrected chi connectivity index (χ3v) is 5.40. The Hall–Kier alpha value is -3.53. The standard InChI is InChI=1S/C25H32N2O8/c1-33-24(35-23-13-9-8-10-14-23)15-11-6-4-2-3-5-7-12-16-34-25(28)20-17-21(26(29)30)19-22(18-20)27(31)32/h8-10,13-14,17-19,24H,2-7,11-12,15-16H2,1H3. The molecule has 2 aromatic rings. The van der Waals surface area contributed by atoms with Crippen LogP contribution in [0.5, 0.6) is 5.75 Å². The number of rotatable bonds is 17. The van der Waals surface area contributed by atoms with E-state index in [2.05, 4.69) is 0 Å². The Morgan fingerprint density at radius 3 is 1.91 bits per heavy atom. The van der Waals surface area contributed by atoms with Crippen molar-refractivity contribution in [2.24, 2.45) is 0 Å². The molecule has 190 valence electrons. The molecule has 0 aliphatic rings. The van der Waals surface area contributed by atoms with Crippen molar-refractivity contribution in [3.05, 3.63) is 74.3 Å². The van der Waals surface area contributed by atoms with Crippen molar-refractivity contribution < 1.29 is 28.9 Å². The molecule has 0 fully saturated rings. The molecule has 0 aromatic heterocycles. The van der Waals surface area contributed by atoms with Crippen molar-refractivity contribution in [1.82, 2.24) is 0 Å². The number of nitro benzene ring substituents is 2. The Morgan fingerprint density at radius 2 is 1.37 bits per heavy atom. The average molecular weight is 489 g/mol. The summed E-state index contributed by atoms with van der Waals surface area (Å²) in [5.41, 5.74) is -1.24. The predicted octanol–water partition coefficient (Wildman–Crippen LogP) is 6.22. The van der Waals surface area contributed by atoms with Crippen molar-refractivity contribution in [3.8, 4) is 5.75 Å². The first kappa shape index (κ1) is 27.7. The van der Waals surface area contributed by atoms with Gasteiger partial charge in [-0.3, -0.25) is 20.2 Å². The van der Waals surface area contributed by atoms with Crippen LogP contribution in [-0.4, -0.2) is 35.8 Å². The number of carbonyl (C=O) groups is 1. The summed E-state index contributed by atoms with van der Waals surface area (Å²) >= 11 is 0. The second-order valence-corrected chi connectivity index (χ2v) is 8.10. The second-order valence-electron chi connectivity index (χ2n) is 8.10. The number of nitrogens with zero attached hydrogens (tertiary/aromatic N) is 2. The molecular formula is C25H32N2O8. The number of carbonyl (C=O) groups excluding carboxylic acids is 1. The second kappa shape index (κ2) is 15.4. The van der Waals surface area contributed by atoms with E-state index in [4.69, 9.17) is 14.2 Å². The molecule has 0 radical (unpaired) electrons. The Balaban J connectivity index is 1.53. The van der Waals surface area contributed by atoms with Gasteiger partial charge in [-0.05, 0) is 25.0 Å². The fourth-order valence-electron chi connectivity index (χ4n) is 3.52. The first-order valence-corrected chi connectivity index (χ1v) is 11.8. The van der Waals surface area contributed by atoms with Gasteiger partial charge in [0, 0.05) is 25.7 Å². The van der Waals surface area contributed by atoms with Crippen LogP contribution < -0.4 is 4.74 Å². The number of ether oxygens (including phenoxy) is 3. The predicted molar refractivity (Wildman–Crippen MR) is 129 cm³/mol. The summed E-state index contributed by atoms with van der Waals surface area (Å²) in [6, 6.07) is 12.4. The Labute approximate surface area is 204 Å². The van der Waals surface area contributed by atoms with E-state index in [-0.39, 0.29) is 18.5 Å². The van der Waals surface area contributed by atoms with Crippen molar-refractivity contribution in [2.45, 2.75) is 64.1 Å². The normalized spacial score (nSPS) is 11.6. The van der Waals surface area contributed by atoms with Gasteiger partial charge in [0.25, 0.3) is 11.4 Å². The highest BCUT2D eigenvalue weighted by molar-refractivity contribution is 5.91. The molecule has 2 aromatic carbocycles. The summed E-state index contributed by atoms with van der Waals surface area (Å²) in [6.45, 7) is 0.162. The zero-order valence-corrected chi connectivity index (χ0v) is 19.9. The molecule has 2 rings (SSSR count). The van der Waals surface area contributed by atoms with Crippen LogP contribution in [0.25, 0.3) is 0 Å². The minimum atomic E-state index is -0.803. The molecule has 0 aliphatic carbocycles. The van der Waals surface area contributed by atoms with E-state index in [1.807, 2.05) is 30.3 Å². The van der Waals surface area contributed by atoms with Crippen LogP contribution in [0.1, 0.15) is 68.1 Å². The zero-order chi connectivity index (χ0) is 25.5. The molecule has 0 aliphatic heterocycles. The number of unbranched alkanes of at least 4 members (excludes halogenated alkanes) is 7. The van der Waals surface area contributed by atoms with Gasteiger partial charge in [0.1, 0.15) is 5.75 Å². The van der Waals surface area contributed by atoms with Gasteiger partial charge in [0.05, 0.1) is 28.1 Å². The lowest BCUT2D eigenvalue weighted by Crippen LogP contribution is -2.18. The number of methoxy groups -OCH3 is 1. The molecule has 10 nitrogen and oxygen atoms in total. The van der Waals surface area contributed by atoms with Gasteiger partial charge in [-0.2, -0.15) is 0 Å². The number of esters is 1. The highest BCUT2D eigenvalue weighted by Crippen LogP contribution is 2.23. The molecule has 0 N–H and O–H groups in total. The van der Waals surface area contributed by atoms with Crippen LogP contribution in [0, 0.1) is 20.2 Å². The molecule has 0 bridgehead atoms. The van der Waals surface area contributed by atoms with E-state index in [1.54, 1.807) is 7.11 Å². The lowest BCUT2D eigenvalue weighted by atomic mass is 10.1. The van der Waals surface area contributed by atoms with Gasteiger partial charge in [-0.1, -0.05) is 56.7 Å². The Kier molecular flexibility index (Phi) is 12.2. The molecule has 0 amide bonds. The van der Waals surface area contributed by atoms with Gasteiger partial charge in [0.15, 0.2) is 6.29 Å². The zero-order valence-electron chi connectivity index (χ0n) is 19.9. The quantitative estimate of drug-likeness (QED) is 0.0842. The first-order valence-electron chi connectivity index (χ1n) is 11.8. The molecule has 1 atom stereocenters. The number of benzene rings is 2. The van der Waals surface area contributed by atoms with Gasteiger partial charge in [0.2, 0.25) is 0 Å². The monoisotopic (exact) mass is 488 g/mol. The lowest BCUT2D eigenvalue weighted by Gasteiger charge is -2.17. The molecule has 0 heterocycles. The molecule has 0 saturated carbocycles. The molecule has 0 saturated heterocycles. The highest BCUT2D eigenvalue weighted by atomic mass is 16.7. The summed E-state index contributed by atoms with van der Waals surface area (Å²) in [7, 11) is 1.65. The van der Waals surface area contributed by atoms with Crippen LogP contribution in [-0.2, 0) is 9.47 Å². The minimum absolute atomic E-state index is 0.162. The van der Waals surface area contributed by atoms with Gasteiger partial charge >= 0.3 is 5.97 Å². The summed E-state index contributed by atoms with van der Waals surface area (Å²) in [5, 5.41) is 21.9. The summed E-state index contributed by atoms with van der Waals surface area (Å²) in [4.78, 5) is 32.4. The van der Waals surface area contributed by atoms with E-state index in [1.165, 1.54) is 0 Å². The van der Waals surface area contributed by atoms with E-state index < -0.39 is 27.2 Å². The molecule has 0 spiro atoms.